The second kappa shape index (κ2) is 14.9. The number of rotatable bonds is 8. The van der Waals surface area contributed by atoms with Crippen molar-refractivity contribution in [1.82, 2.24) is 0 Å². The summed E-state index contributed by atoms with van der Waals surface area (Å²) in [5, 5.41) is 2.10. The number of hydrogen-bond donors (Lipinski definition) is 0. The topological polar surface area (TPSA) is 3.24 Å². The normalized spacial score (nSPS) is 14.3. The molecule has 0 aromatic heterocycles. The van der Waals surface area contributed by atoms with Crippen LogP contribution in [0, 0.1) is 0 Å². The highest BCUT2D eigenvalue weighted by Gasteiger charge is 2.47. The third-order valence-electron chi connectivity index (χ3n) is 11.7. The van der Waals surface area contributed by atoms with Crippen molar-refractivity contribution in [3.63, 3.8) is 0 Å². The predicted octanol–water partition coefficient (Wildman–Crippen LogP) is 15.7. The number of anilines is 3. The molecule has 0 N–H and O–H groups in total. The van der Waals surface area contributed by atoms with E-state index >= 15 is 0 Å². The second-order valence-corrected chi connectivity index (χ2v) is 15.0. The summed E-state index contributed by atoms with van der Waals surface area (Å²) < 4.78 is 77.9. The molecule has 1 aliphatic carbocycles. The van der Waals surface area contributed by atoms with E-state index in [2.05, 4.69) is 42.5 Å². The fourth-order valence-electron chi connectivity index (χ4n) is 9.06. The number of hydrogen-bond acceptors (Lipinski definition) is 1. The van der Waals surface area contributed by atoms with E-state index in [0.717, 1.165) is 49.7 Å². The second-order valence-electron chi connectivity index (χ2n) is 15.0. The van der Waals surface area contributed by atoms with Gasteiger partial charge in [-0.3, -0.25) is 0 Å². The maximum absolute atomic E-state index is 9.94. The first-order chi connectivity index (χ1) is 33.1. The molecule has 11 rings (SSSR count). The van der Waals surface area contributed by atoms with Crippen molar-refractivity contribution in [3.8, 4) is 44.5 Å². The zero-order valence-corrected chi connectivity index (χ0v) is 32.5. The lowest BCUT2D eigenvalue weighted by atomic mass is 9.68. The highest BCUT2D eigenvalue weighted by atomic mass is 15.1. The Morgan fingerprint density at radius 3 is 1.53 bits per heavy atom. The molecule has 0 amide bonds. The molecular weight excluding hydrogens is 723 g/mol. The van der Waals surface area contributed by atoms with Gasteiger partial charge in [0.25, 0.3) is 0 Å². The summed E-state index contributed by atoms with van der Waals surface area (Å²) in [4.78, 5) is 1.45. The zero-order valence-electron chi connectivity index (χ0n) is 40.5. The Labute approximate surface area is 363 Å². The lowest BCUT2D eigenvalue weighted by Crippen LogP contribution is -2.28. The largest absolute Gasteiger partial charge is 0.310 e. The van der Waals surface area contributed by atoms with E-state index in [4.69, 9.17) is 0 Å². The van der Waals surface area contributed by atoms with Crippen LogP contribution in [-0.2, 0) is 5.41 Å². The highest BCUT2D eigenvalue weighted by Crippen LogP contribution is 2.59. The van der Waals surface area contributed by atoms with Gasteiger partial charge in [0.05, 0.1) is 22.1 Å². The smallest absolute Gasteiger partial charge is 0.0714 e. The van der Waals surface area contributed by atoms with Gasteiger partial charge in [-0.25, -0.2) is 0 Å². The monoisotopic (exact) mass is 771 g/mol. The molecule has 1 nitrogen and oxygen atoms in total. The molecule has 0 saturated heterocycles. The molecule has 0 spiro atoms. The van der Waals surface area contributed by atoms with Crippen molar-refractivity contribution >= 4 is 27.8 Å². The molecule has 1 aliphatic rings. The van der Waals surface area contributed by atoms with Gasteiger partial charge < -0.3 is 4.90 Å². The summed E-state index contributed by atoms with van der Waals surface area (Å²) in [6.45, 7) is 0. The summed E-state index contributed by atoms with van der Waals surface area (Å²) in [6, 6.07) is 62.0. The molecule has 282 valence electrons. The van der Waals surface area contributed by atoms with E-state index < -0.39 is 29.6 Å². The molecule has 0 atom stereocenters. The van der Waals surface area contributed by atoms with E-state index in [-0.39, 0.29) is 46.7 Å². The number of fused-ring (bicyclic) bond motifs is 4. The standard InChI is InChI=1S/C59H41N/c1-4-17-42(18-5-1)43-33-37-50(38-34-43)60(51-39-35-44(36-40-51)46-21-14-22-47(41-46)53-29-15-20-45-19-10-11-27-52(45)53)57-32-16-31-56-58(57)54-28-12-13-30-55(54)59(56,48-23-6-2-7-24-48)49-25-8-3-9-26-49/h1-41H/i33D,34D,35D,36D,37D,38D,39D,40D. The van der Waals surface area contributed by atoms with Gasteiger partial charge in [0.15, 0.2) is 0 Å². The highest BCUT2D eigenvalue weighted by molar-refractivity contribution is 5.99. The maximum Gasteiger partial charge on any atom is 0.0714 e. The molecule has 0 heterocycles. The molecular formula is C59H41N. The van der Waals surface area contributed by atoms with E-state index in [1.807, 2.05) is 127 Å². The van der Waals surface area contributed by atoms with E-state index in [1.165, 1.54) is 4.90 Å². The summed E-state index contributed by atoms with van der Waals surface area (Å²) in [7, 11) is 0. The number of benzene rings is 10. The molecule has 0 unspecified atom stereocenters. The summed E-state index contributed by atoms with van der Waals surface area (Å²) in [5.74, 6) is 0. The minimum absolute atomic E-state index is 0.0978. The van der Waals surface area contributed by atoms with Crippen LogP contribution in [0.1, 0.15) is 33.2 Å². The fraction of sp³-hybridized carbons (Fsp3) is 0.0169. The van der Waals surface area contributed by atoms with Crippen LogP contribution in [-0.4, -0.2) is 0 Å². The van der Waals surface area contributed by atoms with Crippen LogP contribution in [0.3, 0.4) is 0 Å². The van der Waals surface area contributed by atoms with Crippen LogP contribution in [0.15, 0.2) is 249 Å². The molecule has 0 radical (unpaired) electrons. The first kappa shape index (κ1) is 27.8. The summed E-state index contributed by atoms with van der Waals surface area (Å²) in [6.07, 6.45) is 0. The van der Waals surface area contributed by atoms with E-state index in [9.17, 15) is 11.0 Å². The van der Waals surface area contributed by atoms with Crippen LogP contribution < -0.4 is 4.90 Å². The fourth-order valence-corrected chi connectivity index (χ4v) is 9.06. The predicted molar refractivity (Wildman–Crippen MR) is 252 cm³/mol. The van der Waals surface area contributed by atoms with Crippen LogP contribution in [0.5, 0.6) is 0 Å². The molecule has 0 saturated carbocycles. The average Bonchev–Trinajstić information content (AvgIpc) is 3.69. The van der Waals surface area contributed by atoms with Gasteiger partial charge in [0, 0.05) is 16.9 Å². The van der Waals surface area contributed by atoms with Gasteiger partial charge in [0.2, 0.25) is 0 Å². The SMILES string of the molecule is [2H]c1c([2H])c(N(c2cccc3c2-c2ccccc2C3(c2ccccc2)c2ccccc2)c2c([2H])c([2H])c(-c3cccc(-c4cccc5ccccc45)c3)c([2H])c2[2H])c([2H])c([2H])c1-c1ccccc1. The van der Waals surface area contributed by atoms with Gasteiger partial charge in [-0.05, 0) is 108 Å². The van der Waals surface area contributed by atoms with Crippen molar-refractivity contribution in [2.45, 2.75) is 5.41 Å². The van der Waals surface area contributed by atoms with Gasteiger partial charge in [0.1, 0.15) is 0 Å². The Kier molecular flexibility index (Phi) is 6.90. The van der Waals surface area contributed by atoms with Gasteiger partial charge in [-0.15, -0.1) is 0 Å². The van der Waals surface area contributed by atoms with Crippen molar-refractivity contribution in [3.05, 3.63) is 271 Å². The minimum atomic E-state index is -0.865. The Morgan fingerprint density at radius 1 is 0.350 bits per heavy atom. The summed E-state index contributed by atoms with van der Waals surface area (Å²) in [5.41, 5.74) is 7.50. The zero-order chi connectivity index (χ0) is 46.8. The average molecular weight is 772 g/mol. The summed E-state index contributed by atoms with van der Waals surface area (Å²) >= 11 is 0. The van der Waals surface area contributed by atoms with Gasteiger partial charge in [-0.1, -0.05) is 212 Å². The Balaban J connectivity index is 1.21. The first-order valence-corrected chi connectivity index (χ1v) is 20.1. The molecule has 10 aromatic carbocycles. The van der Waals surface area contributed by atoms with Crippen molar-refractivity contribution in [2.24, 2.45) is 0 Å². The van der Waals surface area contributed by atoms with Crippen LogP contribution in [0.25, 0.3) is 55.3 Å². The van der Waals surface area contributed by atoms with E-state index in [0.29, 0.717) is 22.4 Å². The van der Waals surface area contributed by atoms with Crippen molar-refractivity contribution in [1.29, 1.82) is 0 Å². The van der Waals surface area contributed by atoms with Gasteiger partial charge >= 0.3 is 0 Å². The quantitative estimate of drug-likeness (QED) is 0.149. The van der Waals surface area contributed by atoms with Crippen LogP contribution in [0.4, 0.5) is 17.1 Å². The molecule has 1 heteroatoms. The van der Waals surface area contributed by atoms with Crippen LogP contribution in [0.2, 0.25) is 0 Å². The lowest BCUT2D eigenvalue weighted by molar-refractivity contribution is 0.768. The van der Waals surface area contributed by atoms with E-state index in [1.54, 1.807) is 30.3 Å². The molecule has 0 fully saturated rings. The van der Waals surface area contributed by atoms with Crippen molar-refractivity contribution < 1.29 is 11.0 Å². The Hall–Kier alpha value is -7.74. The number of nitrogens with zero attached hydrogens (tertiary/aromatic N) is 1. The molecule has 10 aromatic rings. The molecule has 0 aliphatic heterocycles. The van der Waals surface area contributed by atoms with Crippen LogP contribution >= 0.6 is 0 Å². The lowest BCUT2D eigenvalue weighted by Gasteiger charge is -2.34. The Morgan fingerprint density at radius 2 is 0.833 bits per heavy atom. The molecule has 0 bridgehead atoms. The minimum Gasteiger partial charge on any atom is -0.310 e. The third-order valence-corrected chi connectivity index (χ3v) is 11.7. The van der Waals surface area contributed by atoms with Crippen molar-refractivity contribution in [2.75, 3.05) is 4.90 Å². The third kappa shape index (κ3) is 5.86. The Bertz CT molecular complexity index is 3510. The first-order valence-electron chi connectivity index (χ1n) is 24.1. The maximum atomic E-state index is 9.94. The molecule has 60 heavy (non-hydrogen) atoms. The van der Waals surface area contributed by atoms with Gasteiger partial charge in [-0.2, -0.15) is 0 Å².